The number of carbonyl (C=O) groups excluding carboxylic acids is 1. The molecule has 100 valence electrons. The molecule has 0 saturated heterocycles. The van der Waals surface area contributed by atoms with E-state index in [-0.39, 0.29) is 32.2 Å². The molecule has 0 aliphatic rings. The van der Waals surface area contributed by atoms with E-state index in [0.717, 1.165) is 5.75 Å². The van der Waals surface area contributed by atoms with Crippen molar-refractivity contribution >= 4 is 17.7 Å². The Morgan fingerprint density at radius 3 is 2.17 bits per heavy atom. The van der Waals surface area contributed by atoms with Crippen molar-refractivity contribution < 1.29 is 15.0 Å². The zero-order valence-corrected chi connectivity index (χ0v) is 11.3. The normalized spacial score (nSPS) is 10.4. The summed E-state index contributed by atoms with van der Waals surface area (Å²) in [6, 6.07) is 7.44. The van der Waals surface area contributed by atoms with Gasteiger partial charge in [0.2, 0.25) is 0 Å². The third kappa shape index (κ3) is 4.33. The van der Waals surface area contributed by atoms with Gasteiger partial charge in [0.15, 0.2) is 0 Å². The molecule has 0 aromatic heterocycles. The molecular weight excluding hydrogens is 250 g/mol. The lowest BCUT2D eigenvalue weighted by Crippen LogP contribution is -2.35. The Morgan fingerprint density at radius 2 is 1.72 bits per heavy atom. The molecule has 0 atom stereocenters. The van der Waals surface area contributed by atoms with Crippen LogP contribution >= 0.6 is 11.8 Å². The predicted molar refractivity (Wildman–Crippen MR) is 73.7 cm³/mol. The zero-order valence-electron chi connectivity index (χ0n) is 10.5. The summed E-state index contributed by atoms with van der Waals surface area (Å²) in [5, 5.41) is 17.8. The Hall–Kier alpha value is -1.04. The van der Waals surface area contributed by atoms with Gasteiger partial charge in [-0.05, 0) is 24.0 Å². The molecule has 2 N–H and O–H groups in total. The maximum absolute atomic E-state index is 12.1. The highest BCUT2D eigenvalue weighted by molar-refractivity contribution is 7.97. The quantitative estimate of drug-likeness (QED) is 0.774. The van der Waals surface area contributed by atoms with Gasteiger partial charge in [-0.15, -0.1) is 0 Å². The summed E-state index contributed by atoms with van der Waals surface area (Å²) < 4.78 is 0. The molecule has 0 bridgehead atoms. The first-order valence-electron chi connectivity index (χ1n) is 5.81. The lowest BCUT2D eigenvalue weighted by Gasteiger charge is -2.20. The van der Waals surface area contributed by atoms with Gasteiger partial charge in [-0.2, -0.15) is 11.8 Å². The Bertz CT molecular complexity index is 361. The van der Waals surface area contributed by atoms with Crippen molar-refractivity contribution in [3.63, 3.8) is 0 Å². The second-order valence-corrected chi connectivity index (χ2v) is 4.74. The van der Waals surface area contributed by atoms with Gasteiger partial charge in [0.25, 0.3) is 5.91 Å². The van der Waals surface area contributed by atoms with Crippen molar-refractivity contribution in [3.05, 3.63) is 35.4 Å². The van der Waals surface area contributed by atoms with Gasteiger partial charge < -0.3 is 15.1 Å². The lowest BCUT2D eigenvalue weighted by molar-refractivity contribution is 0.0685. The van der Waals surface area contributed by atoms with Crippen LogP contribution in [0.2, 0.25) is 0 Å². The Balaban J connectivity index is 2.74. The fourth-order valence-electron chi connectivity index (χ4n) is 1.65. The standard InChI is InChI=1S/C13H19NO3S/c1-18-10-11-2-4-12(5-3-11)13(17)14(6-8-15)7-9-16/h2-5,15-16H,6-10H2,1H3. The number of carbonyl (C=O) groups is 1. The predicted octanol–water partition coefficient (Wildman–Crippen LogP) is 0.976. The summed E-state index contributed by atoms with van der Waals surface area (Å²) in [4.78, 5) is 13.5. The van der Waals surface area contributed by atoms with E-state index in [2.05, 4.69) is 0 Å². The Morgan fingerprint density at radius 1 is 1.17 bits per heavy atom. The van der Waals surface area contributed by atoms with Crippen LogP contribution in [0.1, 0.15) is 15.9 Å². The first kappa shape index (κ1) is 15.0. The monoisotopic (exact) mass is 269 g/mol. The minimum absolute atomic E-state index is 0.101. The minimum atomic E-state index is -0.159. The van der Waals surface area contributed by atoms with Crippen LogP contribution in [0.25, 0.3) is 0 Å². The third-order valence-electron chi connectivity index (χ3n) is 2.54. The number of nitrogens with zero attached hydrogens (tertiary/aromatic N) is 1. The number of thioether (sulfide) groups is 1. The number of aliphatic hydroxyl groups excluding tert-OH is 2. The van der Waals surface area contributed by atoms with Gasteiger partial charge in [-0.3, -0.25) is 4.79 Å². The molecule has 0 radical (unpaired) electrons. The van der Waals surface area contributed by atoms with Crippen LogP contribution in [0.4, 0.5) is 0 Å². The zero-order chi connectivity index (χ0) is 13.4. The summed E-state index contributed by atoms with van der Waals surface area (Å²) in [6.07, 6.45) is 2.03. The maximum Gasteiger partial charge on any atom is 0.254 e. The summed E-state index contributed by atoms with van der Waals surface area (Å²) in [6.45, 7) is 0.282. The van der Waals surface area contributed by atoms with Crippen LogP contribution < -0.4 is 0 Å². The summed E-state index contributed by atoms with van der Waals surface area (Å²) in [7, 11) is 0. The van der Waals surface area contributed by atoms with E-state index >= 15 is 0 Å². The maximum atomic E-state index is 12.1. The molecule has 0 aliphatic carbocycles. The van der Waals surface area contributed by atoms with Gasteiger partial charge in [0, 0.05) is 24.4 Å². The molecule has 0 fully saturated rings. The average molecular weight is 269 g/mol. The van der Waals surface area contributed by atoms with Crippen LogP contribution in [0, 0.1) is 0 Å². The average Bonchev–Trinajstić information content (AvgIpc) is 2.39. The molecule has 4 nitrogen and oxygen atoms in total. The van der Waals surface area contributed by atoms with E-state index in [0.29, 0.717) is 5.56 Å². The van der Waals surface area contributed by atoms with Crippen LogP contribution in [0.5, 0.6) is 0 Å². The highest BCUT2D eigenvalue weighted by atomic mass is 32.2. The molecule has 1 rings (SSSR count). The minimum Gasteiger partial charge on any atom is -0.395 e. The molecule has 0 saturated carbocycles. The fraction of sp³-hybridized carbons (Fsp3) is 0.462. The van der Waals surface area contributed by atoms with Crippen molar-refractivity contribution in [1.82, 2.24) is 4.90 Å². The second kappa shape index (κ2) is 8.13. The van der Waals surface area contributed by atoms with Crippen LogP contribution in [0.15, 0.2) is 24.3 Å². The van der Waals surface area contributed by atoms with Crippen molar-refractivity contribution in [2.45, 2.75) is 5.75 Å². The Labute approximate surface area is 112 Å². The highest BCUT2D eigenvalue weighted by Gasteiger charge is 2.14. The number of rotatable bonds is 7. The van der Waals surface area contributed by atoms with E-state index in [1.165, 1.54) is 10.5 Å². The first-order valence-corrected chi connectivity index (χ1v) is 7.21. The van der Waals surface area contributed by atoms with E-state index in [1.807, 2.05) is 18.4 Å². The second-order valence-electron chi connectivity index (χ2n) is 3.87. The SMILES string of the molecule is CSCc1ccc(C(=O)N(CCO)CCO)cc1. The number of benzene rings is 1. The van der Waals surface area contributed by atoms with Crippen LogP contribution in [-0.4, -0.2) is 53.6 Å². The number of hydrogen-bond acceptors (Lipinski definition) is 4. The molecule has 1 amide bonds. The van der Waals surface area contributed by atoms with E-state index in [4.69, 9.17) is 10.2 Å². The molecular formula is C13H19NO3S. The van der Waals surface area contributed by atoms with Crippen molar-refractivity contribution in [1.29, 1.82) is 0 Å². The molecule has 0 unspecified atom stereocenters. The van der Waals surface area contributed by atoms with E-state index in [9.17, 15) is 4.79 Å². The highest BCUT2D eigenvalue weighted by Crippen LogP contribution is 2.12. The Kier molecular flexibility index (Phi) is 6.78. The number of hydrogen-bond donors (Lipinski definition) is 2. The molecule has 0 heterocycles. The largest absolute Gasteiger partial charge is 0.395 e. The molecule has 1 aromatic rings. The lowest BCUT2D eigenvalue weighted by atomic mass is 10.1. The summed E-state index contributed by atoms with van der Waals surface area (Å²) >= 11 is 1.73. The van der Waals surface area contributed by atoms with E-state index in [1.54, 1.807) is 23.9 Å². The number of aliphatic hydroxyl groups is 2. The van der Waals surface area contributed by atoms with Gasteiger partial charge in [-0.1, -0.05) is 12.1 Å². The fourth-order valence-corrected chi connectivity index (χ4v) is 2.17. The van der Waals surface area contributed by atoms with Crippen LogP contribution in [0.3, 0.4) is 0 Å². The topological polar surface area (TPSA) is 60.8 Å². The van der Waals surface area contributed by atoms with Gasteiger partial charge in [0.05, 0.1) is 13.2 Å². The summed E-state index contributed by atoms with van der Waals surface area (Å²) in [5.74, 6) is 0.764. The van der Waals surface area contributed by atoms with E-state index < -0.39 is 0 Å². The molecule has 0 aliphatic heterocycles. The molecule has 18 heavy (non-hydrogen) atoms. The number of amides is 1. The molecule has 1 aromatic carbocycles. The van der Waals surface area contributed by atoms with Crippen LogP contribution in [-0.2, 0) is 5.75 Å². The van der Waals surface area contributed by atoms with Gasteiger partial charge in [-0.25, -0.2) is 0 Å². The first-order chi connectivity index (χ1) is 8.72. The smallest absolute Gasteiger partial charge is 0.254 e. The summed E-state index contributed by atoms with van der Waals surface area (Å²) in [5.41, 5.74) is 1.76. The van der Waals surface area contributed by atoms with Crippen molar-refractivity contribution in [2.24, 2.45) is 0 Å². The van der Waals surface area contributed by atoms with Gasteiger partial charge in [0.1, 0.15) is 0 Å². The molecule has 5 heteroatoms. The van der Waals surface area contributed by atoms with Gasteiger partial charge >= 0.3 is 0 Å². The third-order valence-corrected chi connectivity index (χ3v) is 3.16. The van der Waals surface area contributed by atoms with Crippen molar-refractivity contribution in [2.75, 3.05) is 32.6 Å². The molecule has 0 spiro atoms. The van der Waals surface area contributed by atoms with Crippen molar-refractivity contribution in [3.8, 4) is 0 Å².